The van der Waals surface area contributed by atoms with E-state index in [4.69, 9.17) is 18.0 Å². The molecule has 3 N–H and O–H groups in total. The molecule has 1 aliphatic rings. The summed E-state index contributed by atoms with van der Waals surface area (Å²) in [5, 5.41) is 3.00. The molecule has 102 valence electrons. The molecule has 0 aliphatic heterocycles. The van der Waals surface area contributed by atoms with Crippen LogP contribution in [0.2, 0.25) is 0 Å². The number of rotatable bonds is 4. The Morgan fingerprint density at radius 1 is 1.37 bits per heavy atom. The minimum Gasteiger partial charge on any atom is -0.391 e. The highest BCUT2D eigenvalue weighted by Crippen LogP contribution is 2.31. The Bertz CT molecular complexity index is 460. The fourth-order valence-corrected chi connectivity index (χ4v) is 2.94. The maximum absolute atomic E-state index is 12.3. The lowest BCUT2D eigenvalue weighted by molar-refractivity contribution is -0.126. The molecule has 1 aromatic carbocycles. The average molecular weight is 276 g/mol. The van der Waals surface area contributed by atoms with E-state index in [2.05, 4.69) is 12.2 Å². The number of hydrogen-bond acceptors (Lipinski definition) is 2. The zero-order valence-electron chi connectivity index (χ0n) is 11.1. The summed E-state index contributed by atoms with van der Waals surface area (Å²) >= 11 is 5.08. The number of nitrogens with one attached hydrogen (secondary N) is 1. The van der Waals surface area contributed by atoms with Gasteiger partial charge in [0.05, 0.1) is 0 Å². The minimum atomic E-state index is -0.364. The minimum absolute atomic E-state index is 0.0756. The Hall–Kier alpha value is -1.42. The number of thiocarbonyl (C=S) groups is 1. The van der Waals surface area contributed by atoms with Crippen LogP contribution in [0.4, 0.5) is 0 Å². The highest BCUT2D eigenvalue weighted by molar-refractivity contribution is 7.80. The first-order chi connectivity index (χ1) is 9.09. The van der Waals surface area contributed by atoms with Crippen molar-refractivity contribution in [1.29, 1.82) is 0 Å². The lowest BCUT2D eigenvalue weighted by Crippen LogP contribution is -2.40. The maximum atomic E-state index is 12.3. The lowest BCUT2D eigenvalue weighted by Gasteiger charge is -2.22. The summed E-state index contributed by atoms with van der Waals surface area (Å²) < 4.78 is 0. The molecular weight excluding hydrogens is 256 g/mol. The van der Waals surface area contributed by atoms with Crippen LogP contribution in [0.5, 0.6) is 0 Å². The quantitative estimate of drug-likeness (QED) is 0.831. The Morgan fingerprint density at radius 2 is 2.05 bits per heavy atom. The van der Waals surface area contributed by atoms with Crippen molar-refractivity contribution in [3.63, 3.8) is 0 Å². The Morgan fingerprint density at radius 3 is 2.58 bits per heavy atom. The molecule has 4 heteroatoms. The maximum Gasteiger partial charge on any atom is 0.224 e. The monoisotopic (exact) mass is 276 g/mol. The number of carbonyl (C=O) groups is 1. The van der Waals surface area contributed by atoms with E-state index < -0.39 is 0 Å². The third-order valence-corrected chi connectivity index (χ3v) is 4.14. The van der Waals surface area contributed by atoms with Crippen LogP contribution in [0, 0.1) is 11.8 Å². The summed E-state index contributed by atoms with van der Waals surface area (Å²) in [6.45, 7) is 2.13. The Kier molecular flexibility index (Phi) is 4.53. The van der Waals surface area contributed by atoms with E-state index in [1.807, 2.05) is 30.3 Å². The van der Waals surface area contributed by atoms with Crippen LogP contribution in [0.25, 0.3) is 0 Å². The molecule has 2 rings (SSSR count). The van der Waals surface area contributed by atoms with Gasteiger partial charge in [-0.3, -0.25) is 4.79 Å². The molecule has 3 unspecified atom stereocenters. The molecule has 1 saturated carbocycles. The van der Waals surface area contributed by atoms with Gasteiger partial charge in [0.2, 0.25) is 5.91 Å². The van der Waals surface area contributed by atoms with Gasteiger partial charge in [-0.25, -0.2) is 0 Å². The van der Waals surface area contributed by atoms with Crippen molar-refractivity contribution in [3.05, 3.63) is 35.9 Å². The van der Waals surface area contributed by atoms with Gasteiger partial charge in [-0.15, -0.1) is 0 Å². The van der Waals surface area contributed by atoms with Crippen LogP contribution in [0.1, 0.15) is 37.8 Å². The van der Waals surface area contributed by atoms with Gasteiger partial charge in [0, 0.05) is 5.92 Å². The fraction of sp³-hybridized carbons (Fsp3) is 0.467. The molecule has 19 heavy (non-hydrogen) atoms. The van der Waals surface area contributed by atoms with Crippen molar-refractivity contribution < 1.29 is 4.79 Å². The second kappa shape index (κ2) is 6.15. The Balaban J connectivity index is 2.09. The lowest BCUT2D eigenvalue weighted by atomic mass is 9.96. The van der Waals surface area contributed by atoms with E-state index in [1.54, 1.807) is 0 Å². The normalized spacial score (nSPS) is 23.8. The van der Waals surface area contributed by atoms with Gasteiger partial charge in [-0.1, -0.05) is 55.9 Å². The predicted octanol–water partition coefficient (Wildman–Crippen LogP) is 2.57. The van der Waals surface area contributed by atoms with Gasteiger partial charge in [-0.05, 0) is 24.3 Å². The SMILES string of the molecule is CC1CCCC1C(=O)NC(C(N)=S)c1ccccc1. The molecule has 0 bridgehead atoms. The predicted molar refractivity (Wildman–Crippen MR) is 80.6 cm³/mol. The van der Waals surface area contributed by atoms with Gasteiger partial charge in [-0.2, -0.15) is 0 Å². The fourth-order valence-electron chi connectivity index (χ4n) is 2.75. The molecule has 1 aliphatic carbocycles. The van der Waals surface area contributed by atoms with Gasteiger partial charge in [0.1, 0.15) is 11.0 Å². The van der Waals surface area contributed by atoms with Crippen molar-refractivity contribution in [2.45, 2.75) is 32.2 Å². The third kappa shape index (κ3) is 3.32. The molecular formula is C15H20N2OS. The zero-order chi connectivity index (χ0) is 13.8. The number of nitrogens with two attached hydrogens (primary N) is 1. The summed E-state index contributed by atoms with van der Waals surface area (Å²) in [4.78, 5) is 12.6. The summed E-state index contributed by atoms with van der Waals surface area (Å²) in [5.41, 5.74) is 6.71. The largest absolute Gasteiger partial charge is 0.391 e. The van der Waals surface area contributed by atoms with Crippen LogP contribution < -0.4 is 11.1 Å². The summed E-state index contributed by atoms with van der Waals surface area (Å²) in [5.74, 6) is 0.620. The summed E-state index contributed by atoms with van der Waals surface area (Å²) in [6.07, 6.45) is 3.22. The summed E-state index contributed by atoms with van der Waals surface area (Å²) in [6, 6.07) is 9.28. The highest BCUT2D eigenvalue weighted by atomic mass is 32.1. The van der Waals surface area contributed by atoms with Crippen LogP contribution in [-0.2, 0) is 4.79 Å². The molecule has 1 fully saturated rings. The highest BCUT2D eigenvalue weighted by Gasteiger charge is 2.31. The summed E-state index contributed by atoms with van der Waals surface area (Å²) in [7, 11) is 0. The van der Waals surface area contributed by atoms with Crippen molar-refractivity contribution >= 4 is 23.1 Å². The standard InChI is InChI=1S/C15H20N2OS/c1-10-6-5-9-12(10)15(18)17-13(14(16)19)11-7-3-2-4-8-11/h2-4,7-8,10,12-13H,5-6,9H2,1H3,(H2,16,19)(H,17,18). The van der Waals surface area contributed by atoms with Gasteiger partial charge >= 0.3 is 0 Å². The molecule has 1 amide bonds. The first-order valence-corrected chi connectivity index (χ1v) is 7.15. The molecule has 0 spiro atoms. The number of carbonyl (C=O) groups excluding carboxylic acids is 1. The van der Waals surface area contributed by atoms with E-state index >= 15 is 0 Å². The molecule has 0 saturated heterocycles. The van der Waals surface area contributed by atoms with Crippen molar-refractivity contribution in [2.24, 2.45) is 17.6 Å². The van der Waals surface area contributed by atoms with Crippen LogP contribution in [0.3, 0.4) is 0 Å². The average Bonchev–Trinajstić information content (AvgIpc) is 2.82. The molecule has 1 aromatic rings. The molecule has 0 radical (unpaired) electrons. The smallest absolute Gasteiger partial charge is 0.224 e. The van der Waals surface area contributed by atoms with E-state index in [9.17, 15) is 4.79 Å². The van der Waals surface area contributed by atoms with E-state index in [-0.39, 0.29) is 17.9 Å². The number of benzene rings is 1. The Labute approximate surface area is 119 Å². The second-order valence-corrected chi connectivity index (χ2v) is 5.74. The molecule has 3 atom stereocenters. The first kappa shape index (κ1) is 14.0. The van der Waals surface area contributed by atoms with Gasteiger partial charge in [0.15, 0.2) is 0 Å². The van der Waals surface area contributed by atoms with Crippen molar-refractivity contribution in [2.75, 3.05) is 0 Å². The van der Waals surface area contributed by atoms with Gasteiger partial charge < -0.3 is 11.1 Å². The molecule has 3 nitrogen and oxygen atoms in total. The number of hydrogen-bond donors (Lipinski definition) is 2. The topological polar surface area (TPSA) is 55.1 Å². The molecule has 0 heterocycles. The molecule has 0 aromatic heterocycles. The number of amides is 1. The van der Waals surface area contributed by atoms with E-state index in [0.717, 1.165) is 24.8 Å². The van der Waals surface area contributed by atoms with Crippen molar-refractivity contribution in [1.82, 2.24) is 5.32 Å². The van der Waals surface area contributed by atoms with Crippen LogP contribution in [-0.4, -0.2) is 10.9 Å². The van der Waals surface area contributed by atoms with Gasteiger partial charge in [0.25, 0.3) is 0 Å². The van der Waals surface area contributed by atoms with E-state index in [1.165, 1.54) is 0 Å². The van der Waals surface area contributed by atoms with Crippen LogP contribution in [0.15, 0.2) is 30.3 Å². The first-order valence-electron chi connectivity index (χ1n) is 6.74. The second-order valence-electron chi connectivity index (χ2n) is 5.27. The van der Waals surface area contributed by atoms with Crippen molar-refractivity contribution in [3.8, 4) is 0 Å². The zero-order valence-corrected chi connectivity index (χ0v) is 12.0. The third-order valence-electron chi connectivity index (χ3n) is 3.90. The van der Waals surface area contributed by atoms with E-state index in [0.29, 0.717) is 10.9 Å². The van der Waals surface area contributed by atoms with Crippen LogP contribution >= 0.6 is 12.2 Å².